The number of amides is 1. The lowest BCUT2D eigenvalue weighted by molar-refractivity contribution is -0.131. The summed E-state index contributed by atoms with van der Waals surface area (Å²) in [5, 5.41) is 0. The van der Waals surface area contributed by atoms with E-state index in [1.54, 1.807) is 22.8 Å². The second kappa shape index (κ2) is 10.4. The molecule has 0 aliphatic carbocycles. The number of unbranched alkanes of at least 4 members (excludes halogenated alkanes) is 2. The first-order valence-corrected chi connectivity index (χ1v) is 11.4. The molecule has 0 saturated heterocycles. The molecule has 0 saturated carbocycles. The maximum Gasteiger partial charge on any atom is 0.333 e. The molecule has 3 rings (SSSR count). The maximum absolute atomic E-state index is 13.3. The minimum atomic E-state index is -0.477. The Hall–Kier alpha value is -3.16. The van der Waals surface area contributed by atoms with E-state index in [1.807, 2.05) is 38.1 Å². The average Bonchev–Trinajstić information content (AvgIpc) is 3.20. The number of aryl methyl sites for hydroxylation is 3. The average molecular weight is 440 g/mol. The highest BCUT2D eigenvalue weighted by atomic mass is 16.2. The van der Waals surface area contributed by atoms with Crippen molar-refractivity contribution >= 4 is 17.1 Å². The van der Waals surface area contributed by atoms with Crippen molar-refractivity contribution in [3.63, 3.8) is 0 Å². The minimum absolute atomic E-state index is 0.284. The van der Waals surface area contributed by atoms with Gasteiger partial charge < -0.3 is 9.47 Å². The Balaban J connectivity index is 1.99. The SMILES string of the molecule is CCCCn1cnc2c1c(=O)n(CC(=O)N(C)Cc1ccccc1C)c(=O)n2CCCC. The third kappa shape index (κ3) is 4.84. The van der Waals surface area contributed by atoms with Gasteiger partial charge >= 0.3 is 5.69 Å². The Bertz CT molecular complexity index is 1200. The lowest BCUT2D eigenvalue weighted by Gasteiger charge is -2.19. The molecule has 0 aliphatic rings. The van der Waals surface area contributed by atoms with Crippen molar-refractivity contribution in [1.29, 1.82) is 0 Å². The van der Waals surface area contributed by atoms with Crippen LogP contribution in [0.2, 0.25) is 0 Å². The number of hydrogen-bond donors (Lipinski definition) is 0. The van der Waals surface area contributed by atoms with Crippen LogP contribution < -0.4 is 11.2 Å². The molecule has 2 heterocycles. The molecule has 1 aromatic carbocycles. The summed E-state index contributed by atoms with van der Waals surface area (Å²) in [4.78, 5) is 45.4. The fourth-order valence-electron chi connectivity index (χ4n) is 3.78. The van der Waals surface area contributed by atoms with Gasteiger partial charge in [0.2, 0.25) is 5.91 Å². The Morgan fingerprint density at radius 1 is 1.03 bits per heavy atom. The monoisotopic (exact) mass is 439 g/mol. The van der Waals surface area contributed by atoms with Gasteiger partial charge in [-0.1, -0.05) is 51.0 Å². The molecule has 8 nitrogen and oxygen atoms in total. The van der Waals surface area contributed by atoms with Gasteiger partial charge in [0, 0.05) is 26.7 Å². The van der Waals surface area contributed by atoms with Gasteiger partial charge in [-0.3, -0.25) is 14.2 Å². The molecule has 1 amide bonds. The van der Waals surface area contributed by atoms with E-state index in [9.17, 15) is 14.4 Å². The van der Waals surface area contributed by atoms with Crippen molar-refractivity contribution in [3.8, 4) is 0 Å². The molecule has 0 fully saturated rings. The standard InChI is InChI=1S/C24H33N5O3/c1-5-7-13-27-17-25-22-21(27)23(31)29(24(32)28(22)14-8-6-2)16-20(30)26(4)15-19-12-10-9-11-18(19)3/h9-12,17H,5-8,13-16H2,1-4H3. The maximum atomic E-state index is 13.3. The van der Waals surface area contributed by atoms with E-state index in [2.05, 4.69) is 11.9 Å². The zero-order valence-electron chi connectivity index (χ0n) is 19.5. The molecular weight excluding hydrogens is 406 g/mol. The van der Waals surface area contributed by atoms with Crippen molar-refractivity contribution in [2.75, 3.05) is 7.05 Å². The van der Waals surface area contributed by atoms with Gasteiger partial charge in [0.25, 0.3) is 5.56 Å². The second-order valence-electron chi connectivity index (χ2n) is 8.32. The number of imidazole rings is 1. The highest BCUT2D eigenvalue weighted by molar-refractivity contribution is 5.76. The summed E-state index contributed by atoms with van der Waals surface area (Å²) in [7, 11) is 1.69. The molecule has 0 bridgehead atoms. The first-order chi connectivity index (χ1) is 15.4. The lowest BCUT2D eigenvalue weighted by atomic mass is 10.1. The van der Waals surface area contributed by atoms with Crippen LogP contribution in [0.25, 0.3) is 11.2 Å². The summed E-state index contributed by atoms with van der Waals surface area (Å²) in [6, 6.07) is 7.86. The van der Waals surface area contributed by atoms with Crippen LogP contribution in [-0.4, -0.2) is 36.5 Å². The summed E-state index contributed by atoms with van der Waals surface area (Å²) in [6.45, 7) is 7.36. The quantitative estimate of drug-likeness (QED) is 0.486. The van der Waals surface area contributed by atoms with Crippen molar-refractivity contribution in [2.45, 2.75) is 72.6 Å². The summed E-state index contributed by atoms with van der Waals surface area (Å²) in [5.41, 5.74) is 1.99. The lowest BCUT2D eigenvalue weighted by Crippen LogP contribution is -2.44. The van der Waals surface area contributed by atoms with Crippen molar-refractivity contribution in [3.05, 3.63) is 62.6 Å². The van der Waals surface area contributed by atoms with Gasteiger partial charge in [0.1, 0.15) is 6.54 Å². The summed E-state index contributed by atoms with van der Waals surface area (Å²) >= 11 is 0. The molecule has 32 heavy (non-hydrogen) atoms. The van der Waals surface area contributed by atoms with E-state index in [4.69, 9.17) is 0 Å². The molecule has 3 aromatic rings. The Morgan fingerprint density at radius 2 is 1.72 bits per heavy atom. The number of nitrogens with zero attached hydrogens (tertiary/aromatic N) is 5. The smallest absolute Gasteiger partial charge is 0.333 e. The van der Waals surface area contributed by atoms with E-state index >= 15 is 0 Å². The molecule has 0 radical (unpaired) electrons. The zero-order chi connectivity index (χ0) is 23.3. The number of rotatable bonds is 10. The van der Waals surface area contributed by atoms with Crippen molar-refractivity contribution in [2.24, 2.45) is 0 Å². The van der Waals surface area contributed by atoms with E-state index in [0.717, 1.165) is 41.4 Å². The third-order valence-electron chi connectivity index (χ3n) is 5.86. The number of fused-ring (bicyclic) bond motifs is 1. The molecule has 0 unspecified atom stereocenters. The molecule has 8 heteroatoms. The number of benzene rings is 1. The Labute approximate surface area is 188 Å². The van der Waals surface area contributed by atoms with E-state index in [-0.39, 0.29) is 12.5 Å². The fourth-order valence-corrected chi connectivity index (χ4v) is 3.78. The van der Waals surface area contributed by atoms with Crippen LogP contribution in [0, 0.1) is 6.92 Å². The van der Waals surface area contributed by atoms with Gasteiger partial charge in [-0.2, -0.15) is 0 Å². The topological polar surface area (TPSA) is 82.1 Å². The van der Waals surface area contributed by atoms with Crippen molar-refractivity contribution in [1.82, 2.24) is 23.6 Å². The fraction of sp³-hybridized carbons (Fsp3) is 0.500. The second-order valence-corrected chi connectivity index (χ2v) is 8.32. The summed E-state index contributed by atoms with van der Waals surface area (Å²) in [5.74, 6) is -0.284. The van der Waals surface area contributed by atoms with Gasteiger partial charge in [0.15, 0.2) is 11.2 Å². The highest BCUT2D eigenvalue weighted by Crippen LogP contribution is 2.11. The number of likely N-dealkylation sites (N-methyl/N-ethyl adjacent to an activating group) is 1. The molecule has 0 spiro atoms. The Kier molecular flexibility index (Phi) is 7.66. The van der Waals surface area contributed by atoms with Gasteiger partial charge in [-0.25, -0.2) is 14.3 Å². The van der Waals surface area contributed by atoms with E-state index in [1.165, 1.54) is 4.57 Å². The van der Waals surface area contributed by atoms with Gasteiger partial charge in [-0.15, -0.1) is 0 Å². The van der Waals surface area contributed by atoms with E-state index in [0.29, 0.717) is 30.8 Å². The predicted molar refractivity (Wildman–Crippen MR) is 126 cm³/mol. The first kappa shape index (κ1) is 23.5. The third-order valence-corrected chi connectivity index (χ3v) is 5.86. The molecule has 0 N–H and O–H groups in total. The van der Waals surface area contributed by atoms with Crippen LogP contribution >= 0.6 is 0 Å². The van der Waals surface area contributed by atoms with Crippen LogP contribution in [0.5, 0.6) is 0 Å². The van der Waals surface area contributed by atoms with Crippen molar-refractivity contribution < 1.29 is 4.79 Å². The normalized spacial score (nSPS) is 11.2. The number of aromatic nitrogens is 4. The van der Waals surface area contributed by atoms with Crippen LogP contribution in [0.15, 0.2) is 40.2 Å². The largest absolute Gasteiger partial charge is 0.340 e. The first-order valence-electron chi connectivity index (χ1n) is 11.4. The summed E-state index contributed by atoms with van der Waals surface area (Å²) < 4.78 is 4.41. The molecule has 0 aliphatic heterocycles. The van der Waals surface area contributed by atoms with Crippen LogP contribution in [0.4, 0.5) is 0 Å². The molecule has 0 atom stereocenters. The zero-order valence-corrected chi connectivity index (χ0v) is 19.5. The van der Waals surface area contributed by atoms with Crippen LogP contribution in [0.3, 0.4) is 0 Å². The number of carbonyl (C=O) groups is 1. The van der Waals surface area contributed by atoms with E-state index < -0.39 is 11.2 Å². The van der Waals surface area contributed by atoms with Crippen LogP contribution in [-0.2, 0) is 31.0 Å². The van der Waals surface area contributed by atoms with Gasteiger partial charge in [0.05, 0.1) is 6.33 Å². The Morgan fingerprint density at radius 3 is 2.41 bits per heavy atom. The minimum Gasteiger partial charge on any atom is -0.340 e. The predicted octanol–water partition coefficient (Wildman–Crippen LogP) is 2.93. The molecule has 2 aromatic heterocycles. The highest BCUT2D eigenvalue weighted by Gasteiger charge is 2.21. The van der Waals surface area contributed by atoms with Crippen LogP contribution in [0.1, 0.15) is 50.7 Å². The van der Waals surface area contributed by atoms with Gasteiger partial charge in [-0.05, 0) is 30.9 Å². The molecule has 172 valence electrons. The number of hydrogen-bond acceptors (Lipinski definition) is 4. The number of carbonyl (C=O) groups excluding carboxylic acids is 1. The summed E-state index contributed by atoms with van der Waals surface area (Å²) in [6.07, 6.45) is 5.19. The molecular formula is C24H33N5O3.